The summed E-state index contributed by atoms with van der Waals surface area (Å²) < 4.78 is 38.7. The molecule has 0 bridgehead atoms. The molecule has 1 amide bonds. The van der Waals surface area contributed by atoms with E-state index in [0.717, 1.165) is 12.1 Å². The fourth-order valence-corrected chi connectivity index (χ4v) is 1.82. The lowest BCUT2D eigenvalue weighted by molar-refractivity contribution is -0.136. The van der Waals surface area contributed by atoms with Gasteiger partial charge in [-0.15, -0.1) is 0 Å². The van der Waals surface area contributed by atoms with E-state index in [9.17, 15) is 23.1 Å². The van der Waals surface area contributed by atoms with Gasteiger partial charge in [-0.2, -0.15) is 13.2 Å². The number of nitrogens with one attached hydrogen (secondary N) is 2. The summed E-state index contributed by atoms with van der Waals surface area (Å²) in [4.78, 5) is 17.8. The van der Waals surface area contributed by atoms with Crippen LogP contribution in [-0.4, -0.2) is 29.0 Å². The molecule has 0 aliphatic carbocycles. The van der Waals surface area contributed by atoms with Crippen molar-refractivity contribution in [2.45, 2.75) is 6.18 Å². The van der Waals surface area contributed by atoms with Crippen LogP contribution in [0, 0.1) is 0 Å². The lowest BCUT2D eigenvalue weighted by Crippen LogP contribution is -2.36. The fourth-order valence-electron chi connectivity index (χ4n) is 1.82. The maximum atomic E-state index is 12.9. The first-order chi connectivity index (χ1) is 9.72. The molecule has 9 heteroatoms. The molecular formula is C12H11F3N4O2. The predicted molar refractivity (Wildman–Crippen MR) is 70.0 cm³/mol. The van der Waals surface area contributed by atoms with Crippen LogP contribution < -0.4 is 11.1 Å². The highest BCUT2D eigenvalue weighted by molar-refractivity contribution is 6.06. The molecule has 0 fully saturated rings. The van der Waals surface area contributed by atoms with Crippen LogP contribution in [0.1, 0.15) is 16.1 Å². The molecule has 0 saturated carbocycles. The number of amides is 1. The lowest BCUT2D eigenvalue weighted by atomic mass is 10.1. The Balaban J connectivity index is 2.54. The van der Waals surface area contributed by atoms with Gasteiger partial charge in [-0.1, -0.05) is 0 Å². The normalized spacial score (nSPS) is 12.7. The quantitative estimate of drug-likeness (QED) is 0.474. The summed E-state index contributed by atoms with van der Waals surface area (Å²) in [5.74, 6) is -1.46. The standard InChI is InChI=1S/C12H11F3N4O2/c1-17-11(16)19-10(21)9-4-6-7(12(13,14)15)2-5(20)3-8(6)18-9/h2-4,18,20H,1H3,(H3,16,17,19,21). The van der Waals surface area contributed by atoms with Crippen molar-refractivity contribution in [2.24, 2.45) is 10.7 Å². The maximum Gasteiger partial charge on any atom is 0.417 e. The van der Waals surface area contributed by atoms with Crippen molar-refractivity contribution < 1.29 is 23.1 Å². The number of aromatic nitrogens is 1. The Morgan fingerprint density at radius 2 is 2.05 bits per heavy atom. The predicted octanol–water partition coefficient (Wildman–Crippen LogP) is 1.57. The number of H-pyrrole nitrogens is 1. The minimum Gasteiger partial charge on any atom is -0.508 e. The van der Waals surface area contributed by atoms with Crippen LogP contribution in [0.2, 0.25) is 0 Å². The number of nitrogens with two attached hydrogens (primary N) is 1. The SMILES string of the molecule is CN=C(N)NC(=O)c1cc2c(C(F)(F)F)cc(O)cc2[nH]1. The van der Waals surface area contributed by atoms with Gasteiger partial charge in [0.15, 0.2) is 5.96 Å². The van der Waals surface area contributed by atoms with Gasteiger partial charge in [0, 0.05) is 18.5 Å². The largest absolute Gasteiger partial charge is 0.508 e. The van der Waals surface area contributed by atoms with Crippen molar-refractivity contribution in [3.8, 4) is 5.75 Å². The monoisotopic (exact) mass is 300 g/mol. The molecule has 6 nitrogen and oxygen atoms in total. The molecule has 0 atom stereocenters. The van der Waals surface area contributed by atoms with Gasteiger partial charge in [-0.3, -0.25) is 15.1 Å². The third-order valence-corrected chi connectivity index (χ3v) is 2.76. The van der Waals surface area contributed by atoms with Crippen molar-refractivity contribution in [1.29, 1.82) is 0 Å². The van der Waals surface area contributed by atoms with Gasteiger partial charge in [0.1, 0.15) is 11.4 Å². The molecule has 0 unspecified atom stereocenters. The van der Waals surface area contributed by atoms with Crippen molar-refractivity contribution in [2.75, 3.05) is 7.05 Å². The second kappa shape index (κ2) is 5.00. The van der Waals surface area contributed by atoms with E-state index in [0.29, 0.717) is 6.07 Å². The van der Waals surface area contributed by atoms with Crippen LogP contribution in [0.5, 0.6) is 5.75 Å². The average molecular weight is 300 g/mol. The van der Waals surface area contributed by atoms with E-state index in [-0.39, 0.29) is 22.6 Å². The number of phenols is 1. The highest BCUT2D eigenvalue weighted by Gasteiger charge is 2.34. The number of phenolic OH excluding ortho intramolecular Hbond substituents is 1. The molecule has 21 heavy (non-hydrogen) atoms. The number of benzene rings is 1. The molecule has 0 spiro atoms. The number of aromatic hydroxyl groups is 1. The molecule has 2 aromatic rings. The Morgan fingerprint density at radius 3 is 2.62 bits per heavy atom. The number of aromatic amines is 1. The zero-order valence-electron chi connectivity index (χ0n) is 10.7. The molecule has 2 rings (SSSR count). The lowest BCUT2D eigenvalue weighted by Gasteiger charge is -2.08. The minimum absolute atomic E-state index is 0.0144. The third kappa shape index (κ3) is 2.91. The second-order valence-corrected chi connectivity index (χ2v) is 4.20. The van der Waals surface area contributed by atoms with Crippen LogP contribution in [-0.2, 0) is 6.18 Å². The first kappa shape index (κ1) is 14.7. The smallest absolute Gasteiger partial charge is 0.417 e. The van der Waals surface area contributed by atoms with E-state index in [2.05, 4.69) is 15.3 Å². The van der Waals surface area contributed by atoms with Gasteiger partial charge in [-0.25, -0.2) is 0 Å². The summed E-state index contributed by atoms with van der Waals surface area (Å²) in [6.07, 6.45) is -4.66. The Hall–Kier alpha value is -2.71. The summed E-state index contributed by atoms with van der Waals surface area (Å²) >= 11 is 0. The number of carbonyl (C=O) groups excluding carboxylic acids is 1. The van der Waals surface area contributed by atoms with Crippen LogP contribution in [0.15, 0.2) is 23.2 Å². The van der Waals surface area contributed by atoms with E-state index in [1.165, 1.54) is 7.05 Å². The summed E-state index contributed by atoms with van der Waals surface area (Å²) in [6, 6.07) is 2.73. The molecule has 112 valence electrons. The van der Waals surface area contributed by atoms with E-state index in [1.54, 1.807) is 0 Å². The van der Waals surface area contributed by atoms with E-state index in [1.807, 2.05) is 0 Å². The van der Waals surface area contributed by atoms with Gasteiger partial charge in [-0.05, 0) is 12.1 Å². The molecule has 1 heterocycles. The second-order valence-electron chi connectivity index (χ2n) is 4.20. The highest BCUT2D eigenvalue weighted by atomic mass is 19.4. The van der Waals surface area contributed by atoms with Crippen molar-refractivity contribution in [3.63, 3.8) is 0 Å². The van der Waals surface area contributed by atoms with Crippen LogP contribution in [0.4, 0.5) is 13.2 Å². The Morgan fingerprint density at radius 1 is 1.38 bits per heavy atom. The zero-order chi connectivity index (χ0) is 15.8. The van der Waals surface area contributed by atoms with Gasteiger partial charge >= 0.3 is 6.18 Å². The van der Waals surface area contributed by atoms with E-state index in [4.69, 9.17) is 5.73 Å². The molecular weight excluding hydrogens is 289 g/mol. The Labute approximate surface area is 116 Å². The number of fused-ring (bicyclic) bond motifs is 1. The first-order valence-corrected chi connectivity index (χ1v) is 5.69. The summed E-state index contributed by atoms with van der Waals surface area (Å²) in [5.41, 5.74) is 4.13. The summed E-state index contributed by atoms with van der Waals surface area (Å²) in [7, 11) is 1.35. The minimum atomic E-state index is -4.66. The number of guanidine groups is 1. The number of halogens is 3. The van der Waals surface area contributed by atoms with Gasteiger partial charge in [0.05, 0.1) is 11.1 Å². The molecule has 1 aromatic heterocycles. The van der Waals surface area contributed by atoms with Crippen LogP contribution >= 0.6 is 0 Å². The topological polar surface area (TPSA) is 104 Å². The van der Waals surface area contributed by atoms with Crippen molar-refractivity contribution in [1.82, 2.24) is 10.3 Å². The molecule has 0 saturated heterocycles. The average Bonchev–Trinajstić information content (AvgIpc) is 2.79. The van der Waals surface area contributed by atoms with Crippen LogP contribution in [0.25, 0.3) is 10.9 Å². The number of carbonyl (C=O) groups is 1. The van der Waals surface area contributed by atoms with Gasteiger partial charge < -0.3 is 15.8 Å². The molecule has 0 aliphatic rings. The molecule has 0 radical (unpaired) electrons. The number of hydrogen-bond acceptors (Lipinski definition) is 3. The third-order valence-electron chi connectivity index (χ3n) is 2.76. The fraction of sp³-hybridized carbons (Fsp3) is 0.167. The summed E-state index contributed by atoms with van der Waals surface area (Å²) in [6.45, 7) is 0. The van der Waals surface area contributed by atoms with Gasteiger partial charge in [0.25, 0.3) is 5.91 Å². The molecule has 5 N–H and O–H groups in total. The van der Waals surface area contributed by atoms with Gasteiger partial charge in [0.2, 0.25) is 0 Å². The highest BCUT2D eigenvalue weighted by Crippen LogP contribution is 2.37. The molecule has 0 aliphatic heterocycles. The maximum absolute atomic E-state index is 12.9. The first-order valence-electron chi connectivity index (χ1n) is 5.69. The number of rotatable bonds is 1. The van der Waals surface area contributed by atoms with E-state index >= 15 is 0 Å². The van der Waals surface area contributed by atoms with E-state index < -0.39 is 23.4 Å². The number of alkyl halides is 3. The number of aliphatic imine (C=N–C) groups is 1. The Bertz CT molecular complexity index is 734. The number of hydrogen-bond donors (Lipinski definition) is 4. The number of nitrogens with zero attached hydrogens (tertiary/aromatic N) is 1. The van der Waals surface area contributed by atoms with Crippen molar-refractivity contribution in [3.05, 3.63) is 29.5 Å². The summed E-state index contributed by atoms with van der Waals surface area (Å²) in [5, 5.41) is 11.3. The van der Waals surface area contributed by atoms with Crippen molar-refractivity contribution >= 4 is 22.8 Å². The zero-order valence-corrected chi connectivity index (χ0v) is 10.7. The Kier molecular flexibility index (Phi) is 3.50. The molecule has 1 aromatic carbocycles. The van der Waals surface area contributed by atoms with Crippen LogP contribution in [0.3, 0.4) is 0 Å².